The fourth-order valence-electron chi connectivity index (χ4n) is 2.17. The molecule has 0 saturated carbocycles. The zero-order valence-electron chi connectivity index (χ0n) is 10.1. The fourth-order valence-corrected chi connectivity index (χ4v) is 2.17. The topological polar surface area (TPSA) is 41.1 Å². The first-order valence-electron chi connectivity index (χ1n) is 6.41. The molecule has 0 aromatic heterocycles. The average Bonchev–Trinajstić information content (AvgIpc) is 2.41. The van der Waals surface area contributed by atoms with E-state index in [1.807, 2.05) is 18.2 Å². The van der Waals surface area contributed by atoms with Gasteiger partial charge in [0.25, 0.3) is 0 Å². The van der Waals surface area contributed by atoms with Crippen LogP contribution < -0.4 is 10.6 Å². The van der Waals surface area contributed by atoms with Crippen LogP contribution in [0.2, 0.25) is 0 Å². The van der Waals surface area contributed by atoms with Crippen LogP contribution in [0.5, 0.6) is 0 Å². The van der Waals surface area contributed by atoms with E-state index >= 15 is 0 Å². The normalized spacial score (nSPS) is 19.9. The number of rotatable bonds is 4. The Bertz CT molecular complexity index is 344. The van der Waals surface area contributed by atoms with E-state index in [1.165, 1.54) is 12.0 Å². The number of hydrogen-bond donors (Lipinski definition) is 2. The zero-order chi connectivity index (χ0) is 11.9. The summed E-state index contributed by atoms with van der Waals surface area (Å²) >= 11 is 0. The van der Waals surface area contributed by atoms with Gasteiger partial charge in [0.2, 0.25) is 5.91 Å². The van der Waals surface area contributed by atoms with Crippen molar-refractivity contribution in [2.45, 2.75) is 31.7 Å². The minimum Gasteiger partial charge on any atom is -0.354 e. The van der Waals surface area contributed by atoms with Crippen LogP contribution in [0.1, 0.15) is 24.8 Å². The van der Waals surface area contributed by atoms with Gasteiger partial charge in [-0.05, 0) is 31.4 Å². The molecule has 1 fully saturated rings. The third-order valence-corrected chi connectivity index (χ3v) is 3.18. The molecule has 0 aliphatic carbocycles. The smallest absolute Gasteiger partial charge is 0.237 e. The van der Waals surface area contributed by atoms with Gasteiger partial charge in [-0.1, -0.05) is 36.8 Å². The van der Waals surface area contributed by atoms with Crippen molar-refractivity contribution in [1.29, 1.82) is 0 Å². The number of amides is 1. The molecule has 1 unspecified atom stereocenters. The molecule has 1 aromatic rings. The average molecular weight is 232 g/mol. The summed E-state index contributed by atoms with van der Waals surface area (Å²) in [5.74, 6) is 0.153. The van der Waals surface area contributed by atoms with Crippen LogP contribution in [0.25, 0.3) is 0 Å². The van der Waals surface area contributed by atoms with E-state index in [4.69, 9.17) is 0 Å². The summed E-state index contributed by atoms with van der Waals surface area (Å²) < 4.78 is 0. The largest absolute Gasteiger partial charge is 0.354 e. The standard InChI is InChI=1S/C14H20N2O/c17-14(13-8-4-5-10-15-13)16-11-9-12-6-2-1-3-7-12/h1-3,6-7,13,15H,4-5,8-11H2,(H,16,17). The number of carbonyl (C=O) groups is 1. The maximum absolute atomic E-state index is 11.8. The van der Waals surface area contributed by atoms with Crippen LogP contribution in [-0.4, -0.2) is 25.0 Å². The summed E-state index contributed by atoms with van der Waals surface area (Å²) in [5, 5.41) is 6.25. The number of benzene rings is 1. The molecule has 0 radical (unpaired) electrons. The molecule has 1 aromatic carbocycles. The van der Waals surface area contributed by atoms with Crippen molar-refractivity contribution in [3.05, 3.63) is 35.9 Å². The Morgan fingerprint density at radius 2 is 2.12 bits per heavy atom. The second-order valence-electron chi connectivity index (χ2n) is 4.53. The molecule has 1 saturated heterocycles. The fraction of sp³-hybridized carbons (Fsp3) is 0.500. The van der Waals surface area contributed by atoms with Crippen molar-refractivity contribution in [3.63, 3.8) is 0 Å². The highest BCUT2D eigenvalue weighted by molar-refractivity contribution is 5.81. The zero-order valence-corrected chi connectivity index (χ0v) is 10.1. The summed E-state index contributed by atoms with van der Waals surface area (Å²) in [6.45, 7) is 1.69. The molecule has 1 aliphatic heterocycles. The number of hydrogen-bond acceptors (Lipinski definition) is 2. The van der Waals surface area contributed by atoms with Gasteiger partial charge < -0.3 is 10.6 Å². The second kappa shape index (κ2) is 6.40. The van der Waals surface area contributed by atoms with Crippen LogP contribution in [-0.2, 0) is 11.2 Å². The molecule has 3 heteroatoms. The lowest BCUT2D eigenvalue weighted by atomic mass is 10.0. The Kier molecular flexibility index (Phi) is 4.56. The van der Waals surface area contributed by atoms with Gasteiger partial charge >= 0.3 is 0 Å². The van der Waals surface area contributed by atoms with E-state index in [0.29, 0.717) is 0 Å². The van der Waals surface area contributed by atoms with Gasteiger partial charge in [-0.25, -0.2) is 0 Å². The molecule has 1 atom stereocenters. The monoisotopic (exact) mass is 232 g/mol. The van der Waals surface area contributed by atoms with Gasteiger partial charge in [0.15, 0.2) is 0 Å². The summed E-state index contributed by atoms with van der Waals surface area (Å²) in [4.78, 5) is 11.8. The molecule has 3 nitrogen and oxygen atoms in total. The van der Waals surface area contributed by atoms with E-state index in [1.54, 1.807) is 0 Å². The van der Waals surface area contributed by atoms with Gasteiger partial charge in [0, 0.05) is 6.54 Å². The number of nitrogens with one attached hydrogen (secondary N) is 2. The molecule has 92 valence electrons. The molecular weight excluding hydrogens is 212 g/mol. The molecule has 1 amide bonds. The summed E-state index contributed by atoms with van der Waals surface area (Å²) in [6, 6.07) is 10.3. The quantitative estimate of drug-likeness (QED) is 0.825. The first-order valence-corrected chi connectivity index (χ1v) is 6.41. The Morgan fingerprint density at radius 1 is 1.29 bits per heavy atom. The van der Waals surface area contributed by atoms with E-state index < -0.39 is 0 Å². The van der Waals surface area contributed by atoms with Crippen LogP contribution in [0.3, 0.4) is 0 Å². The maximum Gasteiger partial charge on any atom is 0.237 e. The molecule has 1 heterocycles. The molecule has 2 rings (SSSR count). The second-order valence-corrected chi connectivity index (χ2v) is 4.53. The van der Waals surface area contributed by atoms with Crippen molar-refractivity contribution in [1.82, 2.24) is 10.6 Å². The Labute approximate surface area is 103 Å². The van der Waals surface area contributed by atoms with Crippen molar-refractivity contribution in [3.8, 4) is 0 Å². The minimum atomic E-state index is 0.0273. The van der Waals surface area contributed by atoms with E-state index in [0.717, 1.165) is 32.4 Å². The Balaban J connectivity index is 1.69. The van der Waals surface area contributed by atoms with Crippen LogP contribution >= 0.6 is 0 Å². The third kappa shape index (κ3) is 3.86. The van der Waals surface area contributed by atoms with Crippen LogP contribution in [0.15, 0.2) is 30.3 Å². The van der Waals surface area contributed by atoms with Crippen LogP contribution in [0, 0.1) is 0 Å². The van der Waals surface area contributed by atoms with Crippen molar-refractivity contribution in [2.24, 2.45) is 0 Å². The number of carbonyl (C=O) groups excluding carboxylic acids is 1. The Morgan fingerprint density at radius 3 is 2.82 bits per heavy atom. The summed E-state index contributed by atoms with van der Waals surface area (Å²) in [7, 11) is 0. The van der Waals surface area contributed by atoms with Crippen LogP contribution in [0.4, 0.5) is 0 Å². The van der Waals surface area contributed by atoms with E-state index in [-0.39, 0.29) is 11.9 Å². The SMILES string of the molecule is O=C(NCCc1ccccc1)C1CCCCN1. The third-order valence-electron chi connectivity index (χ3n) is 3.18. The highest BCUT2D eigenvalue weighted by Crippen LogP contribution is 2.06. The lowest BCUT2D eigenvalue weighted by Gasteiger charge is -2.22. The molecule has 0 bridgehead atoms. The molecule has 17 heavy (non-hydrogen) atoms. The van der Waals surface area contributed by atoms with Crippen molar-refractivity contribution >= 4 is 5.91 Å². The van der Waals surface area contributed by atoms with Crippen molar-refractivity contribution in [2.75, 3.05) is 13.1 Å². The molecular formula is C14H20N2O. The molecule has 0 spiro atoms. The van der Waals surface area contributed by atoms with Gasteiger partial charge in [-0.2, -0.15) is 0 Å². The maximum atomic E-state index is 11.8. The predicted octanol–water partition coefficient (Wildman–Crippen LogP) is 1.49. The highest BCUT2D eigenvalue weighted by Gasteiger charge is 2.19. The minimum absolute atomic E-state index is 0.0273. The first-order chi connectivity index (χ1) is 8.36. The lowest BCUT2D eigenvalue weighted by molar-refractivity contribution is -0.123. The van der Waals surface area contributed by atoms with Gasteiger partial charge in [-0.15, -0.1) is 0 Å². The predicted molar refractivity (Wildman–Crippen MR) is 68.8 cm³/mol. The van der Waals surface area contributed by atoms with E-state index in [9.17, 15) is 4.79 Å². The van der Waals surface area contributed by atoms with Crippen molar-refractivity contribution < 1.29 is 4.79 Å². The van der Waals surface area contributed by atoms with E-state index in [2.05, 4.69) is 22.8 Å². The van der Waals surface area contributed by atoms with Gasteiger partial charge in [-0.3, -0.25) is 4.79 Å². The molecule has 1 aliphatic rings. The summed E-state index contributed by atoms with van der Waals surface area (Å²) in [5.41, 5.74) is 1.27. The van der Waals surface area contributed by atoms with Gasteiger partial charge in [0.1, 0.15) is 0 Å². The first kappa shape index (κ1) is 12.1. The molecule has 2 N–H and O–H groups in total. The lowest BCUT2D eigenvalue weighted by Crippen LogP contribution is -2.47. The number of piperidine rings is 1. The highest BCUT2D eigenvalue weighted by atomic mass is 16.2. The Hall–Kier alpha value is -1.35. The summed E-state index contributed by atoms with van der Waals surface area (Å²) in [6.07, 6.45) is 4.22. The van der Waals surface area contributed by atoms with Gasteiger partial charge in [0.05, 0.1) is 6.04 Å².